The summed E-state index contributed by atoms with van der Waals surface area (Å²) in [5, 5.41) is 17.8. The van der Waals surface area contributed by atoms with Crippen LogP contribution in [0.25, 0.3) is 0 Å². The van der Waals surface area contributed by atoms with Crippen LogP contribution in [0.3, 0.4) is 0 Å². The lowest BCUT2D eigenvalue weighted by Crippen LogP contribution is -2.29. The molecule has 0 aromatic carbocycles. The molecule has 18 heavy (non-hydrogen) atoms. The first-order chi connectivity index (χ1) is 8.67. The lowest BCUT2D eigenvalue weighted by molar-refractivity contribution is 0.689. The van der Waals surface area contributed by atoms with E-state index in [1.807, 2.05) is 13.8 Å². The fraction of sp³-hybridized carbons (Fsp3) is 0.643. The summed E-state index contributed by atoms with van der Waals surface area (Å²) in [5.41, 5.74) is 2.49. The topological polar surface area (TPSA) is 52.8 Å². The summed E-state index contributed by atoms with van der Waals surface area (Å²) >= 11 is 0. The molecule has 1 aliphatic rings. The molecule has 0 N–H and O–H groups in total. The third-order valence-electron chi connectivity index (χ3n) is 3.52. The van der Waals surface area contributed by atoms with Crippen LogP contribution in [-0.4, -0.2) is 23.3 Å². The summed E-state index contributed by atoms with van der Waals surface area (Å²) in [6, 6.07) is 2.29. The van der Waals surface area contributed by atoms with Gasteiger partial charge < -0.3 is 4.90 Å². The smallest absolute Gasteiger partial charge is 0.169 e. The number of hydrogen-bond donors (Lipinski definition) is 0. The summed E-state index contributed by atoms with van der Waals surface area (Å²) < 4.78 is 0. The van der Waals surface area contributed by atoms with Crippen LogP contribution in [0.1, 0.15) is 43.0 Å². The SMILES string of the molecule is CCCN(CC1CC1)c1nnc(C)c(C)c1C#N. The van der Waals surface area contributed by atoms with Crippen LogP contribution >= 0.6 is 0 Å². The highest BCUT2D eigenvalue weighted by Gasteiger charge is 2.26. The minimum Gasteiger partial charge on any atom is -0.354 e. The second kappa shape index (κ2) is 5.34. The van der Waals surface area contributed by atoms with Gasteiger partial charge in [0.2, 0.25) is 0 Å². The number of nitriles is 1. The van der Waals surface area contributed by atoms with Gasteiger partial charge in [0.05, 0.1) is 5.69 Å². The lowest BCUT2D eigenvalue weighted by atomic mass is 10.1. The normalized spacial score (nSPS) is 14.3. The zero-order chi connectivity index (χ0) is 13.1. The van der Waals surface area contributed by atoms with Crippen LogP contribution < -0.4 is 4.90 Å². The predicted octanol–water partition coefficient (Wildman–Crippen LogP) is 2.59. The van der Waals surface area contributed by atoms with Gasteiger partial charge in [-0.1, -0.05) is 6.92 Å². The molecule has 1 saturated carbocycles. The molecule has 0 bridgehead atoms. The molecular weight excluding hydrogens is 224 g/mol. The summed E-state index contributed by atoms with van der Waals surface area (Å²) in [4.78, 5) is 2.23. The van der Waals surface area contributed by atoms with Gasteiger partial charge in [-0.25, -0.2) is 0 Å². The third-order valence-corrected chi connectivity index (χ3v) is 3.52. The molecule has 0 saturated heterocycles. The van der Waals surface area contributed by atoms with Gasteiger partial charge in [0.1, 0.15) is 11.6 Å². The Kier molecular flexibility index (Phi) is 3.81. The van der Waals surface area contributed by atoms with Crippen molar-refractivity contribution in [1.82, 2.24) is 10.2 Å². The Morgan fingerprint density at radius 3 is 2.61 bits per heavy atom. The highest BCUT2D eigenvalue weighted by Crippen LogP contribution is 2.32. The Bertz CT molecular complexity index is 471. The van der Waals surface area contributed by atoms with Crippen LogP contribution in [0.15, 0.2) is 0 Å². The molecule has 1 aliphatic carbocycles. The summed E-state index contributed by atoms with van der Waals surface area (Å²) in [7, 11) is 0. The zero-order valence-electron chi connectivity index (χ0n) is 11.4. The van der Waals surface area contributed by atoms with Crippen molar-refractivity contribution in [2.24, 2.45) is 5.92 Å². The van der Waals surface area contributed by atoms with Gasteiger partial charge in [-0.05, 0) is 44.6 Å². The average molecular weight is 244 g/mol. The van der Waals surface area contributed by atoms with E-state index >= 15 is 0 Å². The molecule has 0 aliphatic heterocycles. The zero-order valence-corrected chi connectivity index (χ0v) is 11.4. The van der Waals surface area contributed by atoms with Crippen molar-refractivity contribution >= 4 is 5.82 Å². The maximum absolute atomic E-state index is 9.35. The highest BCUT2D eigenvalue weighted by molar-refractivity contribution is 5.57. The molecule has 1 heterocycles. The number of anilines is 1. The summed E-state index contributed by atoms with van der Waals surface area (Å²) in [6.07, 6.45) is 3.67. The largest absolute Gasteiger partial charge is 0.354 e. The molecule has 4 heteroatoms. The van der Waals surface area contributed by atoms with Crippen molar-refractivity contribution in [3.8, 4) is 6.07 Å². The van der Waals surface area contributed by atoms with Crippen molar-refractivity contribution in [3.63, 3.8) is 0 Å². The third kappa shape index (κ3) is 2.61. The Hall–Kier alpha value is -1.63. The van der Waals surface area contributed by atoms with E-state index in [4.69, 9.17) is 0 Å². The van der Waals surface area contributed by atoms with Crippen molar-refractivity contribution in [2.45, 2.75) is 40.0 Å². The van der Waals surface area contributed by atoms with E-state index in [0.717, 1.165) is 42.5 Å². The first-order valence-electron chi connectivity index (χ1n) is 6.66. The van der Waals surface area contributed by atoms with Gasteiger partial charge in [0.15, 0.2) is 5.82 Å². The second-order valence-corrected chi connectivity index (χ2v) is 5.11. The van der Waals surface area contributed by atoms with Crippen LogP contribution in [0.4, 0.5) is 5.82 Å². The molecule has 0 radical (unpaired) electrons. The Morgan fingerprint density at radius 1 is 1.33 bits per heavy atom. The van der Waals surface area contributed by atoms with E-state index in [9.17, 15) is 5.26 Å². The van der Waals surface area contributed by atoms with Gasteiger partial charge in [0, 0.05) is 13.1 Å². The molecule has 4 nitrogen and oxygen atoms in total. The fourth-order valence-electron chi connectivity index (χ4n) is 2.12. The van der Waals surface area contributed by atoms with E-state index < -0.39 is 0 Å². The van der Waals surface area contributed by atoms with Gasteiger partial charge in [-0.2, -0.15) is 10.4 Å². The Labute approximate surface area is 109 Å². The Balaban J connectivity index is 2.33. The molecule has 0 unspecified atom stereocenters. The molecule has 0 amide bonds. The molecule has 96 valence electrons. The maximum Gasteiger partial charge on any atom is 0.169 e. The van der Waals surface area contributed by atoms with Gasteiger partial charge >= 0.3 is 0 Å². The van der Waals surface area contributed by atoms with Crippen LogP contribution in [0.5, 0.6) is 0 Å². The average Bonchev–Trinajstić information content (AvgIpc) is 3.16. The second-order valence-electron chi connectivity index (χ2n) is 5.11. The lowest BCUT2D eigenvalue weighted by Gasteiger charge is -2.24. The number of aromatic nitrogens is 2. The minimum atomic E-state index is 0.691. The highest BCUT2D eigenvalue weighted by atomic mass is 15.3. The number of rotatable bonds is 5. The monoisotopic (exact) mass is 244 g/mol. The quantitative estimate of drug-likeness (QED) is 0.799. The van der Waals surface area contributed by atoms with Crippen molar-refractivity contribution < 1.29 is 0 Å². The molecule has 1 fully saturated rings. The maximum atomic E-state index is 9.35. The van der Waals surface area contributed by atoms with E-state index in [-0.39, 0.29) is 0 Å². The van der Waals surface area contributed by atoms with Crippen LogP contribution in [0, 0.1) is 31.1 Å². The predicted molar refractivity (Wildman–Crippen MR) is 71.4 cm³/mol. The van der Waals surface area contributed by atoms with Crippen molar-refractivity contribution in [1.29, 1.82) is 5.26 Å². The first-order valence-corrected chi connectivity index (χ1v) is 6.66. The molecule has 0 atom stereocenters. The summed E-state index contributed by atoms with van der Waals surface area (Å²) in [6.45, 7) is 7.97. The minimum absolute atomic E-state index is 0.691. The van der Waals surface area contributed by atoms with E-state index in [1.54, 1.807) is 0 Å². The van der Waals surface area contributed by atoms with Crippen LogP contribution in [-0.2, 0) is 0 Å². The van der Waals surface area contributed by atoms with Crippen molar-refractivity contribution in [3.05, 3.63) is 16.8 Å². The van der Waals surface area contributed by atoms with Gasteiger partial charge in [-0.3, -0.25) is 0 Å². The molecule has 1 aromatic rings. The molecule has 1 aromatic heterocycles. The standard InChI is InChI=1S/C14H20N4/c1-4-7-18(9-12-5-6-12)14-13(8-15)10(2)11(3)16-17-14/h12H,4-7,9H2,1-3H3. The fourth-order valence-corrected chi connectivity index (χ4v) is 2.12. The number of hydrogen-bond acceptors (Lipinski definition) is 4. The Morgan fingerprint density at radius 2 is 2.06 bits per heavy atom. The number of nitrogens with zero attached hydrogens (tertiary/aromatic N) is 4. The molecule has 2 rings (SSSR count). The van der Waals surface area contributed by atoms with Crippen molar-refractivity contribution in [2.75, 3.05) is 18.0 Å². The van der Waals surface area contributed by atoms with E-state index in [0.29, 0.717) is 5.56 Å². The van der Waals surface area contributed by atoms with Gasteiger partial charge in [0.25, 0.3) is 0 Å². The van der Waals surface area contributed by atoms with E-state index in [2.05, 4.69) is 28.1 Å². The molecule has 0 spiro atoms. The summed E-state index contributed by atoms with van der Waals surface area (Å²) in [5.74, 6) is 1.56. The molecular formula is C14H20N4. The van der Waals surface area contributed by atoms with E-state index in [1.165, 1.54) is 12.8 Å². The van der Waals surface area contributed by atoms with Crippen LogP contribution in [0.2, 0.25) is 0 Å². The first kappa shape index (κ1) is 12.8. The number of aryl methyl sites for hydroxylation is 1. The van der Waals surface area contributed by atoms with Gasteiger partial charge in [-0.15, -0.1) is 5.10 Å².